The van der Waals surface area contributed by atoms with Crippen molar-refractivity contribution in [2.45, 2.75) is 13.3 Å². The summed E-state index contributed by atoms with van der Waals surface area (Å²) in [5, 5.41) is 0. The molecule has 0 saturated carbocycles. The molecule has 0 atom stereocenters. The van der Waals surface area contributed by atoms with Gasteiger partial charge in [-0.3, -0.25) is 0 Å². The zero-order valence-corrected chi connectivity index (χ0v) is 13.7. The predicted molar refractivity (Wildman–Crippen MR) is 89.1 cm³/mol. The van der Waals surface area contributed by atoms with Gasteiger partial charge in [-0.05, 0) is 55.3 Å². The summed E-state index contributed by atoms with van der Waals surface area (Å²) in [5.41, 5.74) is 7.87. The minimum Gasteiger partial charge on any atom is -0.490 e. The number of benzene rings is 2. The minimum atomic E-state index is 0.516. The minimum absolute atomic E-state index is 0.516. The molecule has 0 fully saturated rings. The quantitative estimate of drug-likeness (QED) is 0.774. The second-order valence-electron chi connectivity index (χ2n) is 4.79. The number of hydrogen-bond donors (Lipinski definition) is 1. The molecule has 0 bridgehead atoms. The molecule has 112 valence electrons. The second-order valence-corrected chi connectivity index (χ2v) is 5.71. The Kier molecular flexibility index (Phi) is 6.08. The fraction of sp³-hybridized carbons (Fsp3) is 0.294. The highest BCUT2D eigenvalue weighted by molar-refractivity contribution is 9.10. The van der Waals surface area contributed by atoms with Crippen LogP contribution in [0.5, 0.6) is 11.5 Å². The van der Waals surface area contributed by atoms with E-state index in [1.807, 2.05) is 49.4 Å². The summed E-state index contributed by atoms with van der Waals surface area (Å²) in [5.74, 6) is 1.73. The van der Waals surface area contributed by atoms with E-state index in [1.165, 1.54) is 5.56 Å². The van der Waals surface area contributed by atoms with Crippen molar-refractivity contribution < 1.29 is 9.47 Å². The van der Waals surface area contributed by atoms with Crippen LogP contribution in [-0.2, 0) is 6.42 Å². The van der Waals surface area contributed by atoms with Crippen LogP contribution in [0.4, 0.5) is 0 Å². The topological polar surface area (TPSA) is 44.5 Å². The third kappa shape index (κ3) is 5.06. The fourth-order valence-corrected chi connectivity index (χ4v) is 2.30. The van der Waals surface area contributed by atoms with Crippen molar-refractivity contribution in [3.05, 3.63) is 58.1 Å². The number of rotatable bonds is 7. The maximum atomic E-state index is 5.73. The standard InChI is InChI=1S/C17H20BrNO2/c1-13-2-5-15(18)12-17(13)21-11-10-20-16-6-3-14(4-7-16)8-9-19/h2-7,12H,8-11,19H2,1H3. The molecule has 3 nitrogen and oxygen atoms in total. The summed E-state index contributed by atoms with van der Waals surface area (Å²) in [6.45, 7) is 3.73. The van der Waals surface area contributed by atoms with Crippen LogP contribution >= 0.6 is 15.9 Å². The van der Waals surface area contributed by atoms with Crippen molar-refractivity contribution in [2.75, 3.05) is 19.8 Å². The van der Waals surface area contributed by atoms with Gasteiger partial charge in [0.25, 0.3) is 0 Å². The van der Waals surface area contributed by atoms with Gasteiger partial charge >= 0.3 is 0 Å². The summed E-state index contributed by atoms with van der Waals surface area (Å²) in [6, 6.07) is 14.0. The van der Waals surface area contributed by atoms with Crippen molar-refractivity contribution in [3.63, 3.8) is 0 Å². The van der Waals surface area contributed by atoms with Crippen LogP contribution in [0, 0.1) is 6.92 Å². The number of halogens is 1. The van der Waals surface area contributed by atoms with Crippen molar-refractivity contribution in [1.29, 1.82) is 0 Å². The smallest absolute Gasteiger partial charge is 0.123 e. The average molecular weight is 350 g/mol. The van der Waals surface area contributed by atoms with E-state index in [0.717, 1.165) is 28.0 Å². The fourth-order valence-electron chi connectivity index (χ4n) is 1.96. The average Bonchev–Trinajstić information content (AvgIpc) is 2.49. The van der Waals surface area contributed by atoms with Crippen molar-refractivity contribution in [1.82, 2.24) is 0 Å². The Balaban J connectivity index is 1.77. The summed E-state index contributed by atoms with van der Waals surface area (Å²) >= 11 is 3.44. The number of hydrogen-bond acceptors (Lipinski definition) is 3. The third-order valence-electron chi connectivity index (χ3n) is 3.12. The molecule has 0 aromatic heterocycles. The SMILES string of the molecule is Cc1ccc(Br)cc1OCCOc1ccc(CCN)cc1. The predicted octanol–water partition coefficient (Wildman–Crippen LogP) is 3.72. The molecule has 2 aromatic carbocycles. The zero-order valence-electron chi connectivity index (χ0n) is 12.1. The van der Waals surface area contributed by atoms with Crippen LogP contribution in [0.2, 0.25) is 0 Å². The summed E-state index contributed by atoms with van der Waals surface area (Å²) < 4.78 is 12.4. The molecule has 0 unspecified atom stereocenters. The molecule has 0 amide bonds. The van der Waals surface area contributed by atoms with Crippen molar-refractivity contribution in [2.24, 2.45) is 5.73 Å². The number of nitrogens with two attached hydrogens (primary N) is 1. The summed E-state index contributed by atoms with van der Waals surface area (Å²) in [7, 11) is 0. The zero-order chi connectivity index (χ0) is 15.1. The first-order valence-corrected chi connectivity index (χ1v) is 7.79. The molecule has 0 aliphatic rings. The van der Waals surface area contributed by atoms with Crippen LogP contribution in [0.1, 0.15) is 11.1 Å². The Morgan fingerprint density at radius 2 is 1.71 bits per heavy atom. The maximum absolute atomic E-state index is 5.73. The van der Waals surface area contributed by atoms with E-state index in [9.17, 15) is 0 Å². The first kappa shape index (κ1) is 15.9. The van der Waals surface area contributed by atoms with Gasteiger partial charge in [-0.1, -0.05) is 34.1 Å². The van der Waals surface area contributed by atoms with Gasteiger partial charge in [0.15, 0.2) is 0 Å². The molecule has 2 aromatic rings. The highest BCUT2D eigenvalue weighted by Gasteiger charge is 2.01. The molecule has 21 heavy (non-hydrogen) atoms. The van der Waals surface area contributed by atoms with Crippen LogP contribution in [0.15, 0.2) is 46.9 Å². The Morgan fingerprint density at radius 3 is 2.43 bits per heavy atom. The van der Waals surface area contributed by atoms with Gasteiger partial charge in [0.1, 0.15) is 24.7 Å². The van der Waals surface area contributed by atoms with E-state index in [-0.39, 0.29) is 0 Å². The van der Waals surface area contributed by atoms with Gasteiger partial charge in [0.2, 0.25) is 0 Å². The third-order valence-corrected chi connectivity index (χ3v) is 3.61. The van der Waals surface area contributed by atoms with Gasteiger partial charge in [0.05, 0.1) is 0 Å². The molecule has 0 heterocycles. The largest absolute Gasteiger partial charge is 0.490 e. The molecule has 4 heteroatoms. The Labute approximate surface area is 134 Å². The molecule has 0 aliphatic carbocycles. The molecular weight excluding hydrogens is 330 g/mol. The van der Waals surface area contributed by atoms with Crippen molar-refractivity contribution in [3.8, 4) is 11.5 Å². The van der Waals surface area contributed by atoms with Gasteiger partial charge < -0.3 is 15.2 Å². The lowest BCUT2D eigenvalue weighted by atomic mass is 10.1. The van der Waals surface area contributed by atoms with E-state index in [2.05, 4.69) is 15.9 Å². The monoisotopic (exact) mass is 349 g/mol. The van der Waals surface area contributed by atoms with Crippen LogP contribution in [-0.4, -0.2) is 19.8 Å². The molecule has 0 spiro atoms. The van der Waals surface area contributed by atoms with E-state index in [4.69, 9.17) is 15.2 Å². The van der Waals surface area contributed by atoms with E-state index in [1.54, 1.807) is 0 Å². The molecular formula is C17H20BrNO2. The number of aryl methyl sites for hydroxylation is 1. The van der Waals surface area contributed by atoms with Crippen molar-refractivity contribution >= 4 is 15.9 Å². The Morgan fingerprint density at radius 1 is 1.00 bits per heavy atom. The summed E-state index contributed by atoms with van der Waals surface area (Å²) in [6.07, 6.45) is 0.894. The lowest BCUT2D eigenvalue weighted by Gasteiger charge is -2.11. The lowest BCUT2D eigenvalue weighted by molar-refractivity contribution is 0.216. The maximum Gasteiger partial charge on any atom is 0.123 e. The normalized spacial score (nSPS) is 10.4. The van der Waals surface area contributed by atoms with Gasteiger partial charge in [0, 0.05) is 4.47 Å². The summed E-state index contributed by atoms with van der Waals surface area (Å²) in [4.78, 5) is 0. The molecule has 0 radical (unpaired) electrons. The van der Waals surface area contributed by atoms with E-state index < -0.39 is 0 Å². The first-order valence-electron chi connectivity index (χ1n) is 7.00. The molecule has 0 aliphatic heterocycles. The van der Waals surface area contributed by atoms with Gasteiger partial charge in [-0.15, -0.1) is 0 Å². The van der Waals surface area contributed by atoms with E-state index >= 15 is 0 Å². The van der Waals surface area contributed by atoms with Crippen LogP contribution in [0.25, 0.3) is 0 Å². The number of ether oxygens (including phenoxy) is 2. The van der Waals surface area contributed by atoms with Gasteiger partial charge in [-0.2, -0.15) is 0 Å². The van der Waals surface area contributed by atoms with Crippen LogP contribution < -0.4 is 15.2 Å². The lowest BCUT2D eigenvalue weighted by Crippen LogP contribution is -2.09. The second kappa shape index (κ2) is 8.05. The van der Waals surface area contributed by atoms with E-state index in [0.29, 0.717) is 19.8 Å². The molecule has 2 N–H and O–H groups in total. The first-order chi connectivity index (χ1) is 10.2. The highest BCUT2D eigenvalue weighted by atomic mass is 79.9. The van der Waals surface area contributed by atoms with Gasteiger partial charge in [-0.25, -0.2) is 0 Å². The molecule has 2 rings (SSSR count). The highest BCUT2D eigenvalue weighted by Crippen LogP contribution is 2.22. The Hall–Kier alpha value is -1.52. The Bertz CT molecular complexity index is 570. The van der Waals surface area contributed by atoms with Crippen LogP contribution in [0.3, 0.4) is 0 Å². The molecule has 0 saturated heterocycles.